The lowest BCUT2D eigenvalue weighted by molar-refractivity contribution is 0.122. The monoisotopic (exact) mass is 509 g/mol. The maximum Gasteiger partial charge on any atom is 0.216 e. The third-order valence-corrected chi connectivity index (χ3v) is 7.02. The molecule has 0 spiro atoms. The number of morpholine rings is 1. The Morgan fingerprint density at radius 3 is 2.58 bits per heavy atom. The van der Waals surface area contributed by atoms with Crippen molar-refractivity contribution in [3.8, 4) is 34.4 Å². The summed E-state index contributed by atoms with van der Waals surface area (Å²) in [6, 6.07) is 24.5. The standard InChI is InChI=1S/C31H31N3O4/c1-32-24-8-11-29-23(17-24)16-22-4-3-5-27(31(22)38-29)28-18-25(34-12-14-36-15-13-34)19-30(33-28)37-20-21-6-9-26(35-2)10-7-21/h3-11,17-19,32H,12-16,20H2,1-2H3. The molecule has 6 rings (SSSR count). The van der Waals surface area contributed by atoms with E-state index >= 15 is 0 Å². The number of hydrogen-bond donors (Lipinski definition) is 1. The van der Waals surface area contributed by atoms with Crippen LogP contribution in [0.1, 0.15) is 16.7 Å². The molecule has 0 saturated carbocycles. The van der Waals surface area contributed by atoms with Crippen molar-refractivity contribution in [2.75, 3.05) is 50.7 Å². The van der Waals surface area contributed by atoms with Crippen LogP contribution in [0.4, 0.5) is 11.4 Å². The molecule has 0 amide bonds. The van der Waals surface area contributed by atoms with Crippen LogP contribution in [0, 0.1) is 0 Å². The molecule has 7 nitrogen and oxygen atoms in total. The maximum absolute atomic E-state index is 6.48. The molecule has 0 radical (unpaired) electrons. The van der Waals surface area contributed by atoms with Crippen LogP contribution >= 0.6 is 0 Å². The minimum atomic E-state index is 0.410. The summed E-state index contributed by atoms with van der Waals surface area (Å²) in [5, 5.41) is 3.21. The van der Waals surface area contributed by atoms with Crippen LogP contribution in [-0.2, 0) is 17.8 Å². The van der Waals surface area contributed by atoms with Gasteiger partial charge >= 0.3 is 0 Å². The van der Waals surface area contributed by atoms with Gasteiger partial charge in [0.25, 0.3) is 0 Å². The molecular formula is C31H31N3O4. The van der Waals surface area contributed by atoms with Gasteiger partial charge in [-0.05, 0) is 48.0 Å². The number of nitrogens with one attached hydrogen (secondary N) is 1. The molecule has 1 saturated heterocycles. The van der Waals surface area contributed by atoms with E-state index in [1.807, 2.05) is 49.5 Å². The summed E-state index contributed by atoms with van der Waals surface area (Å²) in [5.41, 5.74) is 7.27. The van der Waals surface area contributed by atoms with Crippen molar-refractivity contribution in [1.29, 1.82) is 0 Å². The molecule has 2 aliphatic rings. The molecule has 4 aromatic rings. The minimum absolute atomic E-state index is 0.410. The molecule has 1 N–H and O–H groups in total. The van der Waals surface area contributed by atoms with Crippen molar-refractivity contribution in [3.05, 3.63) is 89.5 Å². The second kappa shape index (κ2) is 10.6. The van der Waals surface area contributed by atoms with Crippen LogP contribution in [0.2, 0.25) is 0 Å². The largest absolute Gasteiger partial charge is 0.497 e. The number of nitrogens with zero attached hydrogens (tertiary/aromatic N) is 2. The normalized spacial score (nSPS) is 14.2. The molecule has 1 aromatic heterocycles. The van der Waals surface area contributed by atoms with Crippen molar-refractivity contribution < 1.29 is 18.9 Å². The first-order chi connectivity index (χ1) is 18.7. The zero-order chi connectivity index (χ0) is 25.9. The third kappa shape index (κ3) is 4.97. The smallest absolute Gasteiger partial charge is 0.216 e. The van der Waals surface area contributed by atoms with E-state index in [9.17, 15) is 0 Å². The Bertz CT molecular complexity index is 1430. The number of pyridine rings is 1. The summed E-state index contributed by atoms with van der Waals surface area (Å²) in [7, 11) is 3.59. The average molecular weight is 510 g/mol. The van der Waals surface area contributed by atoms with E-state index in [2.05, 4.69) is 40.5 Å². The van der Waals surface area contributed by atoms with Gasteiger partial charge in [0.1, 0.15) is 23.9 Å². The van der Waals surface area contributed by atoms with Gasteiger partial charge in [-0.15, -0.1) is 0 Å². The van der Waals surface area contributed by atoms with Gasteiger partial charge in [-0.1, -0.05) is 24.3 Å². The quantitative estimate of drug-likeness (QED) is 0.293. The Morgan fingerprint density at radius 2 is 1.79 bits per heavy atom. The van der Waals surface area contributed by atoms with E-state index in [0.717, 1.165) is 70.5 Å². The lowest BCUT2D eigenvalue weighted by Gasteiger charge is -2.29. The minimum Gasteiger partial charge on any atom is -0.497 e. The van der Waals surface area contributed by atoms with Gasteiger partial charge in [0, 0.05) is 60.7 Å². The number of methoxy groups -OCH3 is 1. The third-order valence-electron chi connectivity index (χ3n) is 7.02. The van der Waals surface area contributed by atoms with E-state index in [0.29, 0.717) is 25.7 Å². The molecule has 0 atom stereocenters. The second-order valence-corrected chi connectivity index (χ2v) is 9.43. The highest BCUT2D eigenvalue weighted by atomic mass is 16.5. The Labute approximate surface area is 222 Å². The van der Waals surface area contributed by atoms with Gasteiger partial charge in [-0.25, -0.2) is 4.98 Å². The van der Waals surface area contributed by atoms with Gasteiger partial charge in [0.2, 0.25) is 5.88 Å². The highest BCUT2D eigenvalue weighted by molar-refractivity contribution is 5.75. The first-order valence-electron chi connectivity index (χ1n) is 12.9. The average Bonchev–Trinajstić information content (AvgIpc) is 2.99. The molecule has 0 aliphatic carbocycles. The summed E-state index contributed by atoms with van der Waals surface area (Å²) >= 11 is 0. The molecule has 2 aliphatic heterocycles. The van der Waals surface area contributed by atoms with Crippen LogP contribution in [0.25, 0.3) is 11.3 Å². The molecule has 194 valence electrons. The van der Waals surface area contributed by atoms with Crippen LogP contribution in [0.5, 0.6) is 23.1 Å². The van der Waals surface area contributed by atoms with Crippen LogP contribution in [-0.4, -0.2) is 45.4 Å². The molecular weight excluding hydrogens is 478 g/mol. The fourth-order valence-electron chi connectivity index (χ4n) is 4.92. The lowest BCUT2D eigenvalue weighted by atomic mass is 9.96. The van der Waals surface area contributed by atoms with Crippen molar-refractivity contribution in [2.24, 2.45) is 0 Å². The lowest BCUT2D eigenvalue weighted by Crippen LogP contribution is -2.36. The molecule has 38 heavy (non-hydrogen) atoms. The number of anilines is 2. The van der Waals surface area contributed by atoms with E-state index in [1.165, 1.54) is 5.56 Å². The highest BCUT2D eigenvalue weighted by Gasteiger charge is 2.23. The van der Waals surface area contributed by atoms with Gasteiger partial charge in [-0.3, -0.25) is 0 Å². The number of para-hydroxylation sites is 1. The number of fused-ring (bicyclic) bond motifs is 2. The number of ether oxygens (including phenoxy) is 4. The molecule has 0 bridgehead atoms. The molecule has 0 unspecified atom stereocenters. The molecule has 3 heterocycles. The predicted octanol–water partition coefficient (Wildman–Crippen LogP) is 5.91. The number of aromatic nitrogens is 1. The topological polar surface area (TPSA) is 65.1 Å². The molecule has 7 heteroatoms. The van der Waals surface area contributed by atoms with E-state index in [4.69, 9.17) is 23.9 Å². The Balaban J connectivity index is 1.35. The summed E-state index contributed by atoms with van der Waals surface area (Å²) < 4.78 is 23.6. The van der Waals surface area contributed by atoms with E-state index in [-0.39, 0.29) is 0 Å². The molecule has 3 aromatic carbocycles. The van der Waals surface area contributed by atoms with E-state index in [1.54, 1.807) is 7.11 Å². The van der Waals surface area contributed by atoms with Crippen molar-refractivity contribution in [3.63, 3.8) is 0 Å². The zero-order valence-corrected chi connectivity index (χ0v) is 21.7. The second-order valence-electron chi connectivity index (χ2n) is 9.43. The predicted molar refractivity (Wildman–Crippen MR) is 149 cm³/mol. The van der Waals surface area contributed by atoms with Gasteiger partial charge in [0.15, 0.2) is 0 Å². The van der Waals surface area contributed by atoms with Crippen molar-refractivity contribution in [1.82, 2.24) is 4.98 Å². The van der Waals surface area contributed by atoms with Crippen molar-refractivity contribution in [2.45, 2.75) is 13.0 Å². The molecule has 1 fully saturated rings. The van der Waals surface area contributed by atoms with Gasteiger partial charge in [0.05, 0.1) is 26.0 Å². The summed E-state index contributed by atoms with van der Waals surface area (Å²) in [5.74, 6) is 3.13. The van der Waals surface area contributed by atoms with Gasteiger partial charge < -0.3 is 29.2 Å². The number of rotatable bonds is 7. The maximum atomic E-state index is 6.48. The van der Waals surface area contributed by atoms with Crippen LogP contribution < -0.4 is 24.4 Å². The summed E-state index contributed by atoms with van der Waals surface area (Å²) in [6.45, 7) is 3.47. The summed E-state index contributed by atoms with van der Waals surface area (Å²) in [4.78, 5) is 7.26. The zero-order valence-electron chi connectivity index (χ0n) is 21.7. The Morgan fingerprint density at radius 1 is 0.947 bits per heavy atom. The van der Waals surface area contributed by atoms with Crippen LogP contribution in [0.3, 0.4) is 0 Å². The van der Waals surface area contributed by atoms with Gasteiger partial charge in [-0.2, -0.15) is 0 Å². The fraction of sp³-hybridized carbons (Fsp3) is 0.258. The summed E-state index contributed by atoms with van der Waals surface area (Å²) in [6.07, 6.45) is 0.804. The Hall–Kier alpha value is -4.23. The van der Waals surface area contributed by atoms with E-state index < -0.39 is 0 Å². The number of benzene rings is 3. The number of hydrogen-bond acceptors (Lipinski definition) is 7. The Kier molecular flexibility index (Phi) is 6.75. The SMILES string of the molecule is CNc1ccc2c(c1)Cc1cccc(-c3cc(N4CCOCC4)cc(OCc4ccc(OC)cc4)n3)c1O2. The van der Waals surface area contributed by atoms with Crippen LogP contribution in [0.15, 0.2) is 72.8 Å². The van der Waals surface area contributed by atoms with Crippen molar-refractivity contribution >= 4 is 11.4 Å². The highest BCUT2D eigenvalue weighted by Crippen LogP contribution is 2.44. The first-order valence-corrected chi connectivity index (χ1v) is 12.9. The first kappa shape index (κ1) is 24.1. The fourth-order valence-corrected chi connectivity index (χ4v) is 4.92.